The first-order valence-electron chi connectivity index (χ1n) is 6.56. The molecule has 4 rings (SSSR count). The topological polar surface area (TPSA) is 45.0 Å². The average Bonchev–Trinajstić information content (AvgIpc) is 2.89. The average molecular weight is 260 g/mol. The van der Waals surface area contributed by atoms with Gasteiger partial charge < -0.3 is 10.1 Å². The second-order valence-corrected chi connectivity index (χ2v) is 5.06. The first-order chi connectivity index (χ1) is 9.86. The van der Waals surface area contributed by atoms with Crippen molar-refractivity contribution in [2.75, 3.05) is 11.9 Å². The van der Waals surface area contributed by atoms with Gasteiger partial charge in [-0.05, 0) is 17.7 Å². The second-order valence-electron chi connectivity index (χ2n) is 5.06. The van der Waals surface area contributed by atoms with Crippen molar-refractivity contribution >= 4 is 5.69 Å². The molecule has 0 fully saturated rings. The normalized spacial score (nSPS) is 22.1. The SMILES string of the molecule is N#CC1=COc2ccccc2C12CNc1ccccc12. The van der Waals surface area contributed by atoms with Gasteiger partial charge in [0, 0.05) is 17.8 Å². The number of nitrogens with zero attached hydrogens (tertiary/aromatic N) is 1. The van der Waals surface area contributed by atoms with Crippen molar-refractivity contribution in [3.05, 3.63) is 71.5 Å². The Balaban J connectivity index is 2.06. The molecule has 2 aromatic carbocycles. The van der Waals surface area contributed by atoms with Crippen LogP contribution < -0.4 is 10.1 Å². The molecule has 0 radical (unpaired) electrons. The van der Waals surface area contributed by atoms with Gasteiger partial charge in [-0.3, -0.25) is 0 Å². The first-order valence-corrected chi connectivity index (χ1v) is 6.56. The van der Waals surface area contributed by atoms with Crippen LogP contribution in [0.5, 0.6) is 5.75 Å². The molecular formula is C17H12N2O. The summed E-state index contributed by atoms with van der Waals surface area (Å²) in [6.07, 6.45) is 1.59. The Morgan fingerprint density at radius 3 is 2.65 bits per heavy atom. The standard InChI is InChI=1S/C17H12N2O/c18-9-12-10-20-16-8-4-2-6-14(16)17(12)11-19-15-7-3-1-5-13(15)17/h1-8,10,19H,11H2. The zero-order valence-corrected chi connectivity index (χ0v) is 10.8. The van der Waals surface area contributed by atoms with Crippen molar-refractivity contribution in [3.63, 3.8) is 0 Å². The molecule has 20 heavy (non-hydrogen) atoms. The highest BCUT2D eigenvalue weighted by molar-refractivity contribution is 5.72. The zero-order chi connectivity index (χ0) is 13.6. The van der Waals surface area contributed by atoms with E-state index in [1.165, 1.54) is 0 Å². The highest BCUT2D eigenvalue weighted by Crippen LogP contribution is 2.51. The lowest BCUT2D eigenvalue weighted by atomic mass is 9.70. The Bertz CT molecular complexity index is 773. The van der Waals surface area contributed by atoms with E-state index in [4.69, 9.17) is 4.74 Å². The van der Waals surface area contributed by atoms with Crippen LogP contribution in [0.4, 0.5) is 5.69 Å². The predicted molar refractivity (Wildman–Crippen MR) is 76.5 cm³/mol. The van der Waals surface area contributed by atoms with E-state index >= 15 is 0 Å². The number of benzene rings is 2. The zero-order valence-electron chi connectivity index (χ0n) is 10.8. The Labute approximate surface area is 117 Å². The summed E-state index contributed by atoms with van der Waals surface area (Å²) < 4.78 is 5.62. The summed E-state index contributed by atoms with van der Waals surface area (Å²) in [6.45, 7) is 0.687. The highest BCUT2D eigenvalue weighted by Gasteiger charge is 2.47. The maximum atomic E-state index is 9.54. The van der Waals surface area contributed by atoms with Crippen LogP contribution in [0.25, 0.3) is 0 Å². The van der Waals surface area contributed by atoms with Crippen molar-refractivity contribution in [2.24, 2.45) is 0 Å². The molecule has 2 aromatic rings. The van der Waals surface area contributed by atoms with Gasteiger partial charge >= 0.3 is 0 Å². The fourth-order valence-electron chi connectivity index (χ4n) is 3.22. The molecule has 96 valence electrons. The van der Waals surface area contributed by atoms with Crippen molar-refractivity contribution < 1.29 is 4.74 Å². The summed E-state index contributed by atoms with van der Waals surface area (Å²) in [5.74, 6) is 0.824. The van der Waals surface area contributed by atoms with E-state index in [0.29, 0.717) is 12.1 Å². The van der Waals surface area contributed by atoms with E-state index in [1.807, 2.05) is 36.4 Å². The molecular weight excluding hydrogens is 248 g/mol. The number of rotatable bonds is 0. The number of nitriles is 1. The van der Waals surface area contributed by atoms with Crippen LogP contribution in [0.3, 0.4) is 0 Å². The molecule has 1 unspecified atom stereocenters. The summed E-state index contributed by atoms with van der Waals surface area (Å²) in [5, 5.41) is 13.0. The number of nitrogens with one attached hydrogen (secondary N) is 1. The molecule has 3 nitrogen and oxygen atoms in total. The van der Waals surface area contributed by atoms with Gasteiger partial charge in [-0.2, -0.15) is 5.26 Å². The number of ether oxygens (including phenoxy) is 1. The van der Waals surface area contributed by atoms with Crippen LogP contribution >= 0.6 is 0 Å². The van der Waals surface area contributed by atoms with Gasteiger partial charge in [-0.25, -0.2) is 0 Å². The molecule has 3 heteroatoms. The first kappa shape index (κ1) is 11.1. The number of hydrogen-bond donors (Lipinski definition) is 1. The summed E-state index contributed by atoms with van der Waals surface area (Å²) in [6, 6.07) is 18.4. The number of fused-ring (bicyclic) bond motifs is 4. The Morgan fingerprint density at radius 1 is 1.05 bits per heavy atom. The highest BCUT2D eigenvalue weighted by atomic mass is 16.5. The molecule has 0 aliphatic carbocycles. The van der Waals surface area contributed by atoms with E-state index in [-0.39, 0.29) is 0 Å². The molecule has 0 saturated heterocycles. The molecule has 0 bridgehead atoms. The molecule has 1 atom stereocenters. The largest absolute Gasteiger partial charge is 0.464 e. The molecule has 0 saturated carbocycles. The number of anilines is 1. The molecule has 0 aromatic heterocycles. The lowest BCUT2D eigenvalue weighted by Gasteiger charge is -2.33. The van der Waals surface area contributed by atoms with E-state index in [1.54, 1.807) is 6.26 Å². The molecule has 2 heterocycles. The van der Waals surface area contributed by atoms with E-state index in [0.717, 1.165) is 22.6 Å². The molecule has 1 N–H and O–H groups in total. The van der Waals surface area contributed by atoms with Gasteiger partial charge in [-0.15, -0.1) is 0 Å². The van der Waals surface area contributed by atoms with Gasteiger partial charge in [0.25, 0.3) is 0 Å². The lowest BCUT2D eigenvalue weighted by molar-refractivity contribution is 0.429. The van der Waals surface area contributed by atoms with Crippen molar-refractivity contribution in [1.82, 2.24) is 0 Å². The summed E-state index contributed by atoms with van der Waals surface area (Å²) in [7, 11) is 0. The maximum Gasteiger partial charge on any atom is 0.131 e. The van der Waals surface area contributed by atoms with Crippen LogP contribution in [0, 0.1) is 11.3 Å². The minimum Gasteiger partial charge on any atom is -0.464 e. The Kier molecular flexibility index (Phi) is 2.16. The van der Waals surface area contributed by atoms with Gasteiger partial charge in [0.15, 0.2) is 0 Å². The minimum absolute atomic E-state index is 0.430. The summed E-state index contributed by atoms with van der Waals surface area (Å²) >= 11 is 0. The molecule has 2 aliphatic heterocycles. The maximum absolute atomic E-state index is 9.54. The minimum atomic E-state index is -0.430. The summed E-state index contributed by atoms with van der Waals surface area (Å²) in [5.41, 5.74) is 3.50. The van der Waals surface area contributed by atoms with Gasteiger partial charge in [0.05, 0.1) is 17.1 Å². The van der Waals surface area contributed by atoms with Gasteiger partial charge in [0.2, 0.25) is 0 Å². The van der Waals surface area contributed by atoms with Gasteiger partial charge in [-0.1, -0.05) is 36.4 Å². The van der Waals surface area contributed by atoms with Crippen LogP contribution in [-0.2, 0) is 5.41 Å². The molecule has 1 spiro atoms. The van der Waals surface area contributed by atoms with Crippen molar-refractivity contribution in [1.29, 1.82) is 5.26 Å². The van der Waals surface area contributed by atoms with E-state index < -0.39 is 5.41 Å². The predicted octanol–water partition coefficient (Wildman–Crippen LogP) is 3.20. The fraction of sp³-hybridized carbons (Fsp3) is 0.118. The van der Waals surface area contributed by atoms with Crippen LogP contribution in [0.15, 0.2) is 60.4 Å². The second kappa shape index (κ2) is 3.88. The Morgan fingerprint density at radius 2 is 1.80 bits per heavy atom. The fourth-order valence-corrected chi connectivity index (χ4v) is 3.22. The number of hydrogen-bond acceptors (Lipinski definition) is 3. The molecule has 2 aliphatic rings. The smallest absolute Gasteiger partial charge is 0.131 e. The number of para-hydroxylation sites is 2. The third-order valence-electron chi connectivity index (χ3n) is 4.16. The quantitative estimate of drug-likeness (QED) is 0.791. The Hall–Kier alpha value is -2.73. The van der Waals surface area contributed by atoms with Crippen LogP contribution in [0.1, 0.15) is 11.1 Å². The monoisotopic (exact) mass is 260 g/mol. The van der Waals surface area contributed by atoms with E-state index in [2.05, 4.69) is 23.5 Å². The van der Waals surface area contributed by atoms with Crippen molar-refractivity contribution in [2.45, 2.75) is 5.41 Å². The van der Waals surface area contributed by atoms with E-state index in [9.17, 15) is 5.26 Å². The lowest BCUT2D eigenvalue weighted by Crippen LogP contribution is -2.34. The third-order valence-corrected chi connectivity index (χ3v) is 4.16. The van der Waals surface area contributed by atoms with Crippen LogP contribution in [-0.4, -0.2) is 6.54 Å². The summed E-state index contributed by atoms with van der Waals surface area (Å²) in [4.78, 5) is 0. The van der Waals surface area contributed by atoms with Gasteiger partial charge in [0.1, 0.15) is 12.0 Å². The van der Waals surface area contributed by atoms with Crippen molar-refractivity contribution in [3.8, 4) is 11.8 Å². The third kappa shape index (κ3) is 1.23. The molecule has 0 amide bonds. The van der Waals surface area contributed by atoms with Crippen LogP contribution in [0.2, 0.25) is 0 Å².